The number of anilines is 2. The number of hydrogen-bond acceptors (Lipinski definition) is 5. The van der Waals surface area contributed by atoms with Crippen molar-refractivity contribution in [2.45, 2.75) is 13.0 Å². The molecule has 1 aromatic rings. The number of rotatable bonds is 4. The van der Waals surface area contributed by atoms with Crippen LogP contribution >= 0.6 is 23.4 Å². The maximum atomic E-state index is 5.75. The van der Waals surface area contributed by atoms with Crippen LogP contribution in [0.25, 0.3) is 0 Å². The van der Waals surface area contributed by atoms with Gasteiger partial charge in [0.15, 0.2) is 11.0 Å². The van der Waals surface area contributed by atoms with Crippen molar-refractivity contribution in [2.75, 3.05) is 23.1 Å². The minimum atomic E-state index is 0.291. The molecule has 1 unspecified atom stereocenters. The van der Waals surface area contributed by atoms with Crippen molar-refractivity contribution in [3.05, 3.63) is 11.5 Å². The van der Waals surface area contributed by atoms with Crippen LogP contribution in [-0.2, 0) is 0 Å². The number of nitrogens with one attached hydrogen (secondary N) is 1. The maximum Gasteiger partial charge on any atom is 0.157 e. The van der Waals surface area contributed by atoms with E-state index in [0.717, 1.165) is 5.75 Å². The second-order valence-corrected chi connectivity index (χ2v) is 4.20. The van der Waals surface area contributed by atoms with Gasteiger partial charge in [0.1, 0.15) is 12.0 Å². The molecule has 0 aliphatic rings. The van der Waals surface area contributed by atoms with Gasteiger partial charge in [0, 0.05) is 11.8 Å². The fourth-order valence-electron chi connectivity index (χ4n) is 1.01. The Morgan fingerprint density at radius 1 is 1.64 bits per heavy atom. The number of nitrogen functional groups attached to an aromatic ring is 1. The van der Waals surface area contributed by atoms with Gasteiger partial charge in [-0.25, -0.2) is 9.97 Å². The third-order valence-corrected chi connectivity index (χ3v) is 2.77. The Bertz CT molecular complexity index is 307. The van der Waals surface area contributed by atoms with Crippen molar-refractivity contribution in [2.24, 2.45) is 0 Å². The molecule has 1 atom stereocenters. The van der Waals surface area contributed by atoms with Gasteiger partial charge in [-0.05, 0) is 13.2 Å². The summed E-state index contributed by atoms with van der Waals surface area (Å²) in [6, 6.07) is 0.304. The zero-order valence-corrected chi connectivity index (χ0v) is 9.69. The van der Waals surface area contributed by atoms with Crippen molar-refractivity contribution in [1.82, 2.24) is 9.97 Å². The van der Waals surface area contributed by atoms with Gasteiger partial charge in [-0.1, -0.05) is 11.6 Å². The molecule has 1 rings (SSSR count). The first-order valence-corrected chi connectivity index (χ1v) is 5.93. The quantitative estimate of drug-likeness (QED) is 0.777. The van der Waals surface area contributed by atoms with Crippen LogP contribution in [0.15, 0.2) is 6.33 Å². The summed E-state index contributed by atoms with van der Waals surface area (Å²) in [7, 11) is 0. The Morgan fingerprint density at radius 3 is 3.00 bits per heavy atom. The number of thioether (sulfide) groups is 1. The van der Waals surface area contributed by atoms with Crippen molar-refractivity contribution in [3.63, 3.8) is 0 Å². The van der Waals surface area contributed by atoms with Gasteiger partial charge >= 0.3 is 0 Å². The van der Waals surface area contributed by atoms with E-state index in [1.807, 2.05) is 0 Å². The zero-order valence-electron chi connectivity index (χ0n) is 8.12. The highest BCUT2D eigenvalue weighted by Gasteiger charge is 2.08. The summed E-state index contributed by atoms with van der Waals surface area (Å²) in [5.74, 6) is 1.59. The van der Waals surface area contributed by atoms with Gasteiger partial charge in [-0.2, -0.15) is 11.8 Å². The Kier molecular flexibility index (Phi) is 4.28. The van der Waals surface area contributed by atoms with Crippen molar-refractivity contribution in [3.8, 4) is 0 Å². The lowest BCUT2D eigenvalue weighted by atomic mass is 10.3. The topological polar surface area (TPSA) is 63.8 Å². The van der Waals surface area contributed by atoms with Gasteiger partial charge in [0.2, 0.25) is 0 Å². The molecule has 0 spiro atoms. The maximum absolute atomic E-state index is 5.75. The van der Waals surface area contributed by atoms with Crippen LogP contribution in [0.4, 0.5) is 11.5 Å². The molecule has 0 saturated heterocycles. The summed E-state index contributed by atoms with van der Waals surface area (Å²) in [5.41, 5.74) is 6.11. The fourth-order valence-corrected chi connectivity index (χ4v) is 1.73. The minimum Gasteiger partial charge on any atom is -0.393 e. The van der Waals surface area contributed by atoms with E-state index in [9.17, 15) is 0 Å². The molecular formula is C8H13ClN4S. The molecule has 6 heteroatoms. The van der Waals surface area contributed by atoms with E-state index in [2.05, 4.69) is 28.5 Å². The van der Waals surface area contributed by atoms with E-state index in [4.69, 9.17) is 17.3 Å². The lowest BCUT2D eigenvalue weighted by Crippen LogP contribution is -2.19. The van der Waals surface area contributed by atoms with E-state index < -0.39 is 0 Å². The van der Waals surface area contributed by atoms with Gasteiger partial charge in [-0.15, -0.1) is 0 Å². The monoisotopic (exact) mass is 232 g/mol. The molecule has 78 valence electrons. The number of halogens is 1. The van der Waals surface area contributed by atoms with Crippen LogP contribution in [0.1, 0.15) is 6.92 Å². The summed E-state index contributed by atoms with van der Waals surface area (Å²) < 4.78 is 0. The van der Waals surface area contributed by atoms with Crippen LogP contribution in [0.3, 0.4) is 0 Å². The number of nitrogens with two attached hydrogens (primary N) is 1. The van der Waals surface area contributed by atoms with Crippen molar-refractivity contribution >= 4 is 34.9 Å². The lowest BCUT2D eigenvalue weighted by molar-refractivity contribution is 0.901. The van der Waals surface area contributed by atoms with E-state index in [-0.39, 0.29) is 0 Å². The smallest absolute Gasteiger partial charge is 0.157 e. The van der Waals surface area contributed by atoms with Gasteiger partial charge in [0.05, 0.1) is 0 Å². The molecule has 1 heterocycles. The van der Waals surface area contributed by atoms with Crippen LogP contribution in [0.2, 0.25) is 5.15 Å². The third-order valence-electron chi connectivity index (χ3n) is 1.64. The highest BCUT2D eigenvalue weighted by atomic mass is 35.5. The van der Waals surface area contributed by atoms with E-state index in [1.165, 1.54) is 6.33 Å². The molecule has 0 aliphatic heterocycles. The predicted molar refractivity (Wildman–Crippen MR) is 62.9 cm³/mol. The average molecular weight is 233 g/mol. The summed E-state index contributed by atoms with van der Waals surface area (Å²) in [6.07, 6.45) is 3.45. The van der Waals surface area contributed by atoms with E-state index in [1.54, 1.807) is 11.8 Å². The van der Waals surface area contributed by atoms with Gasteiger partial charge in [-0.3, -0.25) is 0 Å². The Morgan fingerprint density at radius 2 is 2.36 bits per heavy atom. The number of aromatic nitrogens is 2. The van der Waals surface area contributed by atoms with Gasteiger partial charge < -0.3 is 11.1 Å². The van der Waals surface area contributed by atoms with Crippen molar-refractivity contribution < 1.29 is 0 Å². The highest BCUT2D eigenvalue weighted by molar-refractivity contribution is 7.98. The molecule has 1 aromatic heterocycles. The second kappa shape index (κ2) is 5.26. The van der Waals surface area contributed by atoms with Crippen LogP contribution in [-0.4, -0.2) is 28.0 Å². The van der Waals surface area contributed by atoms with E-state index in [0.29, 0.717) is 22.7 Å². The zero-order chi connectivity index (χ0) is 10.6. The largest absolute Gasteiger partial charge is 0.393 e. The fraction of sp³-hybridized carbons (Fsp3) is 0.500. The molecule has 4 nitrogen and oxygen atoms in total. The first-order valence-electron chi connectivity index (χ1n) is 4.16. The molecule has 0 aromatic carbocycles. The first-order chi connectivity index (χ1) is 6.65. The molecule has 0 amide bonds. The third kappa shape index (κ3) is 2.92. The highest BCUT2D eigenvalue weighted by Crippen LogP contribution is 2.22. The number of nitrogens with zero attached hydrogens (tertiary/aromatic N) is 2. The molecule has 14 heavy (non-hydrogen) atoms. The molecule has 0 saturated carbocycles. The summed E-state index contributed by atoms with van der Waals surface area (Å²) in [5, 5.41) is 3.46. The SMILES string of the molecule is CSCC(C)Nc1ncnc(Cl)c1N. The molecule has 0 fully saturated rings. The van der Waals surface area contributed by atoms with E-state index >= 15 is 0 Å². The normalized spacial score (nSPS) is 12.5. The minimum absolute atomic E-state index is 0.291. The Balaban J connectivity index is 2.71. The standard InChI is InChI=1S/C8H13ClN4S/c1-5(3-14-2)13-8-6(10)7(9)11-4-12-8/h4-5H,3,10H2,1-2H3,(H,11,12,13). The van der Waals surface area contributed by atoms with Crippen LogP contribution < -0.4 is 11.1 Å². The Labute approximate surface area is 92.6 Å². The summed E-state index contributed by atoms with van der Waals surface area (Å²) in [4.78, 5) is 7.80. The second-order valence-electron chi connectivity index (χ2n) is 2.93. The van der Waals surface area contributed by atoms with Crippen LogP contribution in [0.5, 0.6) is 0 Å². The number of hydrogen-bond donors (Lipinski definition) is 2. The Hall–Kier alpha value is -0.680. The average Bonchev–Trinajstić information content (AvgIpc) is 2.13. The molecule has 0 aliphatic carbocycles. The predicted octanol–water partition coefficient (Wildman–Crippen LogP) is 1.88. The molecule has 3 N–H and O–H groups in total. The van der Waals surface area contributed by atoms with Gasteiger partial charge in [0.25, 0.3) is 0 Å². The first kappa shape index (κ1) is 11.4. The molecule has 0 bridgehead atoms. The van der Waals surface area contributed by atoms with Crippen LogP contribution in [0, 0.1) is 0 Å². The summed E-state index contributed by atoms with van der Waals surface area (Å²) >= 11 is 7.51. The molecule has 0 radical (unpaired) electrons. The molecular weight excluding hydrogens is 220 g/mol. The summed E-state index contributed by atoms with van der Waals surface area (Å²) in [6.45, 7) is 2.06. The van der Waals surface area contributed by atoms with Crippen molar-refractivity contribution in [1.29, 1.82) is 0 Å². The lowest BCUT2D eigenvalue weighted by Gasteiger charge is -2.14.